The molecule has 0 saturated heterocycles. The van der Waals surface area contributed by atoms with E-state index in [2.05, 4.69) is 28.0 Å². The van der Waals surface area contributed by atoms with E-state index in [1.807, 2.05) is 38.2 Å². The van der Waals surface area contributed by atoms with E-state index in [9.17, 15) is 4.79 Å². The Morgan fingerprint density at radius 3 is 2.79 bits per heavy atom. The molecule has 1 aromatic carbocycles. The van der Waals surface area contributed by atoms with Crippen molar-refractivity contribution in [1.29, 1.82) is 0 Å². The average molecular weight is 321 g/mol. The molecule has 0 aliphatic carbocycles. The van der Waals surface area contributed by atoms with Gasteiger partial charge in [0.2, 0.25) is 0 Å². The molecule has 0 fully saturated rings. The number of benzene rings is 1. The van der Waals surface area contributed by atoms with Crippen LogP contribution in [0, 0.1) is 6.92 Å². The Balaban J connectivity index is 2.25. The summed E-state index contributed by atoms with van der Waals surface area (Å²) in [4.78, 5) is 12.4. The van der Waals surface area contributed by atoms with Gasteiger partial charge in [-0.2, -0.15) is 5.10 Å². The van der Waals surface area contributed by atoms with Gasteiger partial charge in [0.05, 0.1) is 12.1 Å². The lowest BCUT2D eigenvalue weighted by atomic mass is 10.0. The summed E-state index contributed by atoms with van der Waals surface area (Å²) in [5.74, 6) is 0.112. The number of rotatable bonds is 4. The van der Waals surface area contributed by atoms with E-state index in [0.717, 1.165) is 33.4 Å². The van der Waals surface area contributed by atoms with Crippen molar-refractivity contribution in [2.45, 2.75) is 26.7 Å². The van der Waals surface area contributed by atoms with Gasteiger partial charge < -0.3 is 0 Å². The van der Waals surface area contributed by atoms with E-state index >= 15 is 0 Å². The molecule has 0 unspecified atom stereocenters. The molecule has 0 spiro atoms. The molecule has 0 N–H and O–H groups in total. The maximum Gasteiger partial charge on any atom is 0.169 e. The van der Waals surface area contributed by atoms with Crippen LogP contribution >= 0.6 is 15.9 Å². The second-order valence-electron chi connectivity index (χ2n) is 4.64. The summed E-state index contributed by atoms with van der Waals surface area (Å²) < 4.78 is 2.68. The number of hydrogen-bond donors (Lipinski definition) is 0. The Morgan fingerprint density at radius 2 is 2.16 bits per heavy atom. The molecular formula is C15H17BrN2O. The van der Waals surface area contributed by atoms with E-state index in [4.69, 9.17) is 0 Å². The van der Waals surface area contributed by atoms with Gasteiger partial charge in [-0.1, -0.05) is 25.1 Å². The van der Waals surface area contributed by atoms with Gasteiger partial charge in [0.25, 0.3) is 0 Å². The van der Waals surface area contributed by atoms with Crippen molar-refractivity contribution in [3.63, 3.8) is 0 Å². The highest BCUT2D eigenvalue weighted by molar-refractivity contribution is 9.10. The summed E-state index contributed by atoms with van der Waals surface area (Å²) in [6.07, 6.45) is 1.27. The predicted molar refractivity (Wildman–Crippen MR) is 79.5 cm³/mol. The first-order valence-corrected chi connectivity index (χ1v) is 7.12. The zero-order chi connectivity index (χ0) is 14.0. The van der Waals surface area contributed by atoms with Gasteiger partial charge in [-0.25, -0.2) is 0 Å². The van der Waals surface area contributed by atoms with Gasteiger partial charge in [0, 0.05) is 22.8 Å². The molecule has 0 atom stereocenters. The molecular weight excluding hydrogens is 304 g/mol. The van der Waals surface area contributed by atoms with E-state index < -0.39 is 0 Å². The SMILES string of the molecule is CCc1cc(CC(=O)c2cccc(C)c2Br)n(C)n1. The number of aromatic nitrogens is 2. The van der Waals surface area contributed by atoms with E-state index in [1.165, 1.54) is 0 Å². The molecule has 0 amide bonds. The highest BCUT2D eigenvalue weighted by Crippen LogP contribution is 2.22. The molecule has 0 radical (unpaired) electrons. The van der Waals surface area contributed by atoms with Gasteiger partial charge >= 0.3 is 0 Å². The van der Waals surface area contributed by atoms with Crippen LogP contribution in [0.25, 0.3) is 0 Å². The molecule has 1 aromatic heterocycles. The lowest BCUT2D eigenvalue weighted by Gasteiger charge is -2.06. The zero-order valence-corrected chi connectivity index (χ0v) is 13.0. The zero-order valence-electron chi connectivity index (χ0n) is 11.4. The normalized spacial score (nSPS) is 10.7. The van der Waals surface area contributed by atoms with Crippen molar-refractivity contribution in [3.05, 3.63) is 51.3 Å². The molecule has 0 aliphatic rings. The fourth-order valence-electron chi connectivity index (χ4n) is 2.03. The van der Waals surface area contributed by atoms with Crippen LogP contribution in [-0.2, 0) is 19.9 Å². The molecule has 2 aromatic rings. The minimum absolute atomic E-state index is 0.112. The Labute approximate surface area is 121 Å². The minimum atomic E-state index is 0.112. The van der Waals surface area contributed by atoms with Gasteiger partial charge in [-0.15, -0.1) is 0 Å². The second-order valence-corrected chi connectivity index (χ2v) is 5.43. The number of carbonyl (C=O) groups is 1. The first-order chi connectivity index (χ1) is 9.02. The quantitative estimate of drug-likeness (QED) is 0.808. The van der Waals surface area contributed by atoms with E-state index in [-0.39, 0.29) is 5.78 Å². The summed E-state index contributed by atoms with van der Waals surface area (Å²) in [7, 11) is 1.88. The van der Waals surface area contributed by atoms with E-state index in [0.29, 0.717) is 6.42 Å². The van der Waals surface area contributed by atoms with Crippen LogP contribution in [0.5, 0.6) is 0 Å². The van der Waals surface area contributed by atoms with Crippen molar-refractivity contribution in [2.75, 3.05) is 0 Å². The van der Waals surface area contributed by atoms with Gasteiger partial charge in [-0.3, -0.25) is 9.48 Å². The maximum atomic E-state index is 12.4. The number of hydrogen-bond acceptors (Lipinski definition) is 2. The Hall–Kier alpha value is -1.42. The minimum Gasteiger partial charge on any atom is -0.294 e. The van der Waals surface area contributed by atoms with Crippen LogP contribution < -0.4 is 0 Å². The highest BCUT2D eigenvalue weighted by atomic mass is 79.9. The molecule has 2 rings (SSSR count). The molecule has 0 aliphatic heterocycles. The lowest BCUT2D eigenvalue weighted by molar-refractivity contribution is 0.0990. The number of aryl methyl sites for hydroxylation is 3. The van der Waals surface area contributed by atoms with Crippen molar-refractivity contribution in [1.82, 2.24) is 9.78 Å². The summed E-state index contributed by atoms with van der Waals surface area (Å²) in [5, 5.41) is 4.37. The Bertz CT molecular complexity index is 617. The molecule has 1 heterocycles. The predicted octanol–water partition coefficient (Wildman–Crippen LogP) is 3.48. The van der Waals surface area contributed by atoms with Crippen LogP contribution in [-0.4, -0.2) is 15.6 Å². The fraction of sp³-hybridized carbons (Fsp3) is 0.333. The first kappa shape index (κ1) is 14.0. The van der Waals surface area contributed by atoms with Gasteiger partial charge in [0.15, 0.2) is 5.78 Å². The molecule has 0 saturated carbocycles. The molecule has 0 bridgehead atoms. The third kappa shape index (κ3) is 2.95. The van der Waals surface area contributed by atoms with Gasteiger partial charge in [-0.05, 0) is 40.9 Å². The number of Topliss-reactive ketones (excluding diaryl/α,β-unsaturated/α-hetero) is 1. The molecule has 4 heteroatoms. The number of ketones is 1. The third-order valence-corrected chi connectivity index (χ3v) is 4.28. The molecule has 3 nitrogen and oxygen atoms in total. The Kier molecular flexibility index (Phi) is 4.20. The standard InChI is InChI=1S/C15H17BrN2O/c1-4-11-8-12(18(3)17-11)9-14(19)13-7-5-6-10(2)15(13)16/h5-8H,4,9H2,1-3H3. The summed E-state index contributed by atoms with van der Waals surface area (Å²) >= 11 is 3.49. The lowest BCUT2D eigenvalue weighted by Crippen LogP contribution is -2.08. The highest BCUT2D eigenvalue weighted by Gasteiger charge is 2.14. The van der Waals surface area contributed by atoms with Crippen LogP contribution in [0.4, 0.5) is 0 Å². The van der Waals surface area contributed by atoms with Crippen LogP contribution in [0.3, 0.4) is 0 Å². The first-order valence-electron chi connectivity index (χ1n) is 6.33. The summed E-state index contributed by atoms with van der Waals surface area (Å²) in [6.45, 7) is 4.05. The van der Waals surface area contributed by atoms with Crippen molar-refractivity contribution < 1.29 is 4.79 Å². The maximum absolute atomic E-state index is 12.4. The van der Waals surface area contributed by atoms with Crippen molar-refractivity contribution >= 4 is 21.7 Å². The smallest absolute Gasteiger partial charge is 0.169 e. The molecule has 100 valence electrons. The second kappa shape index (κ2) is 5.70. The average Bonchev–Trinajstić information content (AvgIpc) is 2.73. The summed E-state index contributed by atoms with van der Waals surface area (Å²) in [5.41, 5.74) is 3.79. The van der Waals surface area contributed by atoms with E-state index in [1.54, 1.807) is 4.68 Å². The van der Waals surface area contributed by atoms with Crippen LogP contribution in [0.2, 0.25) is 0 Å². The summed E-state index contributed by atoms with van der Waals surface area (Å²) in [6, 6.07) is 7.76. The fourth-order valence-corrected chi connectivity index (χ4v) is 2.52. The topological polar surface area (TPSA) is 34.9 Å². The van der Waals surface area contributed by atoms with Crippen molar-refractivity contribution in [2.24, 2.45) is 7.05 Å². The van der Waals surface area contributed by atoms with Crippen molar-refractivity contribution in [3.8, 4) is 0 Å². The third-order valence-electron chi connectivity index (χ3n) is 3.22. The number of nitrogens with zero attached hydrogens (tertiary/aromatic N) is 2. The molecule has 19 heavy (non-hydrogen) atoms. The van der Waals surface area contributed by atoms with Crippen LogP contribution in [0.15, 0.2) is 28.7 Å². The van der Waals surface area contributed by atoms with Gasteiger partial charge in [0.1, 0.15) is 0 Å². The number of halogens is 1. The largest absolute Gasteiger partial charge is 0.294 e. The number of carbonyl (C=O) groups excluding carboxylic acids is 1. The monoisotopic (exact) mass is 320 g/mol. The Morgan fingerprint density at radius 1 is 1.42 bits per heavy atom. The van der Waals surface area contributed by atoms with Crippen LogP contribution in [0.1, 0.15) is 34.2 Å².